The second-order valence-corrected chi connectivity index (χ2v) is 8.64. The van der Waals surface area contributed by atoms with Crippen molar-refractivity contribution in [3.8, 4) is 5.75 Å². The van der Waals surface area contributed by atoms with Crippen molar-refractivity contribution in [3.63, 3.8) is 0 Å². The van der Waals surface area contributed by atoms with E-state index in [9.17, 15) is 9.59 Å². The summed E-state index contributed by atoms with van der Waals surface area (Å²) in [5, 5.41) is 3.51. The highest BCUT2D eigenvalue weighted by molar-refractivity contribution is 9.10. The van der Waals surface area contributed by atoms with Crippen molar-refractivity contribution < 1.29 is 14.3 Å². The summed E-state index contributed by atoms with van der Waals surface area (Å²) in [4.78, 5) is 27.6. The molecular formula is C24H30BrClN2O3. The largest absolute Gasteiger partial charge is 0.484 e. The number of halogens is 2. The molecule has 0 bridgehead atoms. The third-order valence-corrected chi connectivity index (χ3v) is 6.26. The maximum atomic E-state index is 13.2. The van der Waals surface area contributed by atoms with E-state index < -0.39 is 6.04 Å². The summed E-state index contributed by atoms with van der Waals surface area (Å²) in [6.45, 7) is 6.59. The highest BCUT2D eigenvalue weighted by Gasteiger charge is 2.29. The minimum absolute atomic E-state index is 0.157. The Balaban J connectivity index is 2.20. The van der Waals surface area contributed by atoms with Gasteiger partial charge in [0.05, 0.1) is 0 Å². The van der Waals surface area contributed by atoms with Crippen LogP contribution in [0, 0.1) is 6.92 Å². The third-order valence-electron chi connectivity index (χ3n) is 5.01. The molecule has 1 N–H and O–H groups in total. The van der Waals surface area contributed by atoms with Crippen LogP contribution in [0.25, 0.3) is 0 Å². The molecule has 0 heterocycles. The zero-order valence-electron chi connectivity index (χ0n) is 18.3. The lowest BCUT2D eigenvalue weighted by atomic mass is 10.1. The molecule has 1 atom stereocenters. The number of hydrogen-bond donors (Lipinski definition) is 1. The number of ether oxygens (including phenoxy) is 1. The monoisotopic (exact) mass is 508 g/mol. The van der Waals surface area contributed by atoms with Crippen molar-refractivity contribution >= 4 is 39.3 Å². The Morgan fingerprint density at radius 3 is 2.58 bits per heavy atom. The predicted octanol–water partition coefficient (Wildman–Crippen LogP) is 5.51. The normalized spacial score (nSPS) is 11.6. The Kier molecular flexibility index (Phi) is 10.3. The molecule has 0 saturated heterocycles. The molecule has 0 unspecified atom stereocenters. The fraction of sp³-hybridized carbons (Fsp3) is 0.417. The van der Waals surface area contributed by atoms with Gasteiger partial charge >= 0.3 is 0 Å². The summed E-state index contributed by atoms with van der Waals surface area (Å²) in [5.74, 6) is 0.181. The van der Waals surface area contributed by atoms with Crippen LogP contribution in [-0.4, -0.2) is 35.9 Å². The molecule has 31 heavy (non-hydrogen) atoms. The molecule has 0 radical (unpaired) electrons. The van der Waals surface area contributed by atoms with Gasteiger partial charge in [0.1, 0.15) is 11.8 Å². The van der Waals surface area contributed by atoms with E-state index >= 15 is 0 Å². The first-order chi connectivity index (χ1) is 14.9. The molecule has 0 aliphatic carbocycles. The number of aryl methyl sites for hydroxylation is 1. The average Bonchev–Trinajstić information content (AvgIpc) is 2.75. The van der Waals surface area contributed by atoms with Crippen molar-refractivity contribution in [2.24, 2.45) is 0 Å². The molecule has 0 aliphatic heterocycles. The van der Waals surface area contributed by atoms with E-state index in [1.54, 1.807) is 17.0 Å². The van der Waals surface area contributed by atoms with Gasteiger partial charge < -0.3 is 15.0 Å². The Labute approximate surface area is 198 Å². The minimum Gasteiger partial charge on any atom is -0.484 e. The topological polar surface area (TPSA) is 58.6 Å². The van der Waals surface area contributed by atoms with Crippen molar-refractivity contribution in [2.75, 3.05) is 13.2 Å². The number of benzene rings is 2. The summed E-state index contributed by atoms with van der Waals surface area (Å²) >= 11 is 9.79. The van der Waals surface area contributed by atoms with Gasteiger partial charge in [-0.05, 0) is 55.2 Å². The number of carbonyl (C=O) groups is 2. The van der Waals surface area contributed by atoms with E-state index in [0.717, 1.165) is 28.4 Å². The van der Waals surface area contributed by atoms with Gasteiger partial charge in [0.15, 0.2) is 6.61 Å². The van der Waals surface area contributed by atoms with Gasteiger partial charge in [0.2, 0.25) is 5.91 Å². The molecule has 5 nitrogen and oxygen atoms in total. The van der Waals surface area contributed by atoms with Crippen molar-refractivity contribution in [1.29, 1.82) is 0 Å². The molecule has 2 aromatic rings. The second-order valence-electron chi connectivity index (χ2n) is 7.38. The fourth-order valence-electron chi connectivity index (χ4n) is 3.17. The van der Waals surface area contributed by atoms with Gasteiger partial charge in [-0.3, -0.25) is 9.59 Å². The first kappa shape index (κ1) is 25.2. The summed E-state index contributed by atoms with van der Waals surface area (Å²) in [6.07, 6.45) is 2.37. The predicted molar refractivity (Wildman–Crippen MR) is 128 cm³/mol. The average molecular weight is 510 g/mol. The maximum Gasteiger partial charge on any atom is 0.261 e. The van der Waals surface area contributed by atoms with E-state index in [1.165, 1.54) is 0 Å². The first-order valence-electron chi connectivity index (χ1n) is 10.6. The van der Waals surface area contributed by atoms with Crippen molar-refractivity contribution in [1.82, 2.24) is 10.2 Å². The maximum absolute atomic E-state index is 13.2. The second kappa shape index (κ2) is 12.7. The van der Waals surface area contributed by atoms with Gasteiger partial charge in [-0.1, -0.05) is 66.0 Å². The van der Waals surface area contributed by atoms with E-state index in [-0.39, 0.29) is 25.0 Å². The third kappa shape index (κ3) is 7.54. The van der Waals surface area contributed by atoms with Crippen LogP contribution in [0.2, 0.25) is 5.02 Å². The van der Waals surface area contributed by atoms with E-state index in [0.29, 0.717) is 23.7 Å². The van der Waals surface area contributed by atoms with Crippen LogP contribution >= 0.6 is 27.5 Å². The highest BCUT2D eigenvalue weighted by atomic mass is 79.9. The highest BCUT2D eigenvalue weighted by Crippen LogP contribution is 2.23. The molecule has 168 valence electrons. The Morgan fingerprint density at radius 2 is 1.94 bits per heavy atom. The lowest BCUT2D eigenvalue weighted by Crippen LogP contribution is -2.50. The van der Waals surface area contributed by atoms with E-state index in [4.69, 9.17) is 16.3 Å². The summed E-state index contributed by atoms with van der Waals surface area (Å²) in [5.41, 5.74) is 1.80. The Hall–Kier alpha value is -2.05. The van der Waals surface area contributed by atoms with Crippen molar-refractivity contribution in [2.45, 2.75) is 52.6 Å². The Bertz CT molecular complexity index is 891. The Morgan fingerprint density at radius 1 is 1.19 bits per heavy atom. The van der Waals surface area contributed by atoms with Crippen LogP contribution in [0.5, 0.6) is 5.75 Å². The zero-order valence-corrected chi connectivity index (χ0v) is 20.6. The standard InChI is InChI=1S/C24H30BrClN2O3/c1-4-6-13-27-24(30)22(5-2)28(15-18-9-7-8-10-21(18)26)23(29)16-31-19-11-12-20(25)17(3)14-19/h7-12,14,22H,4-6,13,15-16H2,1-3H3,(H,27,30)/t22-/m0/s1. The number of nitrogens with one attached hydrogen (secondary N) is 1. The molecule has 2 rings (SSSR count). The number of rotatable bonds is 11. The lowest BCUT2D eigenvalue weighted by Gasteiger charge is -2.31. The first-order valence-corrected chi connectivity index (χ1v) is 11.7. The smallest absolute Gasteiger partial charge is 0.261 e. The quantitative estimate of drug-likeness (QED) is 0.406. The summed E-state index contributed by atoms with van der Waals surface area (Å²) < 4.78 is 6.72. The number of amides is 2. The fourth-order valence-corrected chi connectivity index (χ4v) is 3.61. The summed E-state index contributed by atoms with van der Waals surface area (Å²) in [7, 11) is 0. The molecule has 0 aliphatic rings. The zero-order chi connectivity index (χ0) is 22.8. The molecule has 2 aromatic carbocycles. The molecule has 0 aromatic heterocycles. The molecule has 2 amide bonds. The van der Waals surface area contributed by atoms with Crippen LogP contribution in [-0.2, 0) is 16.1 Å². The van der Waals surface area contributed by atoms with Gasteiger partial charge in [-0.2, -0.15) is 0 Å². The van der Waals surface area contributed by atoms with Crippen molar-refractivity contribution in [3.05, 3.63) is 63.1 Å². The molecule has 0 spiro atoms. The van der Waals surface area contributed by atoms with E-state index in [1.807, 2.05) is 44.2 Å². The number of hydrogen-bond acceptors (Lipinski definition) is 3. The number of carbonyl (C=O) groups excluding carboxylic acids is 2. The van der Waals surface area contributed by atoms with Gasteiger partial charge in [0, 0.05) is 22.6 Å². The molecule has 0 fully saturated rings. The minimum atomic E-state index is -0.601. The van der Waals surface area contributed by atoms with Crippen LogP contribution in [0.4, 0.5) is 0 Å². The molecular weight excluding hydrogens is 480 g/mol. The van der Waals surface area contributed by atoms with Gasteiger partial charge in [-0.25, -0.2) is 0 Å². The summed E-state index contributed by atoms with van der Waals surface area (Å²) in [6, 6.07) is 12.3. The van der Waals surface area contributed by atoms with Gasteiger partial charge in [0.25, 0.3) is 5.91 Å². The lowest BCUT2D eigenvalue weighted by molar-refractivity contribution is -0.143. The van der Waals surface area contributed by atoms with E-state index in [2.05, 4.69) is 28.2 Å². The number of nitrogens with zero attached hydrogens (tertiary/aromatic N) is 1. The van der Waals surface area contributed by atoms with Gasteiger partial charge in [-0.15, -0.1) is 0 Å². The molecule has 7 heteroatoms. The van der Waals surface area contributed by atoms with Crippen LogP contribution in [0.1, 0.15) is 44.2 Å². The molecule has 0 saturated carbocycles. The van der Waals surface area contributed by atoms with Crippen LogP contribution in [0.15, 0.2) is 46.9 Å². The van der Waals surface area contributed by atoms with Crippen LogP contribution in [0.3, 0.4) is 0 Å². The SMILES string of the molecule is CCCCNC(=O)[C@H](CC)N(Cc1ccccc1Cl)C(=O)COc1ccc(Br)c(C)c1. The number of unbranched alkanes of at least 4 members (excludes halogenated alkanes) is 1. The van der Waals surface area contributed by atoms with Crippen LogP contribution < -0.4 is 10.1 Å².